The molecule has 0 unspecified atom stereocenters. The minimum absolute atomic E-state index is 0.299. The minimum atomic E-state index is -0.377. The van der Waals surface area contributed by atoms with Crippen LogP contribution >= 0.6 is 22.9 Å². The van der Waals surface area contributed by atoms with Crippen molar-refractivity contribution in [2.24, 2.45) is 5.73 Å². The Kier molecular flexibility index (Phi) is 6.09. The molecule has 0 aliphatic heterocycles. The minimum Gasteiger partial charge on any atom is -0.352 e. The second-order valence-corrected chi connectivity index (χ2v) is 6.05. The molecular weight excluding hydrogens is 336 g/mol. The lowest BCUT2D eigenvalue weighted by molar-refractivity contribution is 0.0956. The summed E-state index contributed by atoms with van der Waals surface area (Å²) in [5, 5.41) is 8.28. The van der Waals surface area contributed by atoms with E-state index in [0.717, 1.165) is 5.01 Å². The number of nitrogens with zero attached hydrogens (tertiary/aromatic N) is 1. The maximum Gasteiger partial charge on any atom is 0.275 e. The molecule has 8 heteroatoms. The predicted molar refractivity (Wildman–Crippen MR) is 92.3 cm³/mol. The van der Waals surface area contributed by atoms with Gasteiger partial charge in [-0.2, -0.15) is 0 Å². The van der Waals surface area contributed by atoms with E-state index in [0.29, 0.717) is 41.5 Å². The molecule has 2 aromatic rings. The molecule has 2 rings (SSSR count). The fourth-order valence-electron chi connectivity index (χ4n) is 1.91. The topological polar surface area (TPSA) is 97.1 Å². The second kappa shape index (κ2) is 8.05. The Morgan fingerprint density at radius 2 is 2.13 bits per heavy atom. The molecule has 0 saturated carbocycles. The Hall–Kier alpha value is -1.96. The van der Waals surface area contributed by atoms with Crippen LogP contribution in [0, 0.1) is 0 Å². The molecule has 4 N–H and O–H groups in total. The number of aromatic nitrogens is 1. The van der Waals surface area contributed by atoms with Gasteiger partial charge in [-0.1, -0.05) is 11.6 Å². The van der Waals surface area contributed by atoms with Crippen molar-refractivity contribution in [1.29, 1.82) is 0 Å². The molecule has 1 heterocycles. The van der Waals surface area contributed by atoms with Gasteiger partial charge >= 0.3 is 0 Å². The highest BCUT2D eigenvalue weighted by Crippen LogP contribution is 2.22. The van der Waals surface area contributed by atoms with Gasteiger partial charge in [0.2, 0.25) is 0 Å². The molecule has 0 radical (unpaired) electrons. The third kappa shape index (κ3) is 4.51. The summed E-state index contributed by atoms with van der Waals surface area (Å²) in [4.78, 5) is 28.6. The molecule has 0 saturated heterocycles. The van der Waals surface area contributed by atoms with Crippen molar-refractivity contribution in [1.82, 2.24) is 10.3 Å². The highest BCUT2D eigenvalue weighted by Gasteiger charge is 2.16. The Labute approximate surface area is 143 Å². The summed E-state index contributed by atoms with van der Waals surface area (Å²) in [6.07, 6.45) is 0.628. The third-order valence-corrected chi connectivity index (χ3v) is 4.10. The summed E-state index contributed by atoms with van der Waals surface area (Å²) in [6, 6.07) is 4.72. The van der Waals surface area contributed by atoms with Crippen molar-refractivity contribution in [2.45, 2.75) is 13.3 Å². The van der Waals surface area contributed by atoms with Crippen LogP contribution in [0.3, 0.4) is 0 Å². The zero-order chi connectivity index (χ0) is 16.8. The van der Waals surface area contributed by atoms with Crippen molar-refractivity contribution in [2.75, 3.05) is 18.4 Å². The maximum atomic E-state index is 12.3. The van der Waals surface area contributed by atoms with Gasteiger partial charge in [0.15, 0.2) is 0 Å². The molecule has 23 heavy (non-hydrogen) atoms. The molecule has 0 atom stereocenters. The number of rotatable bonds is 6. The van der Waals surface area contributed by atoms with Crippen LogP contribution in [0.1, 0.15) is 32.8 Å². The summed E-state index contributed by atoms with van der Waals surface area (Å²) in [6.45, 7) is 2.77. The molecule has 122 valence electrons. The summed E-state index contributed by atoms with van der Waals surface area (Å²) < 4.78 is 0. The van der Waals surface area contributed by atoms with Gasteiger partial charge in [0, 0.05) is 23.4 Å². The standard InChI is InChI=1S/C15H17ClN4O2S/c1-2-18-14(21)10-7-9(16)3-4-11(10)20-15(22)12-8-23-13(19-12)5-6-17/h3-4,7-8H,2,5-6,17H2,1H3,(H,18,21)(H,20,22). The second-order valence-electron chi connectivity index (χ2n) is 4.67. The number of hydrogen-bond acceptors (Lipinski definition) is 5. The predicted octanol–water partition coefficient (Wildman–Crippen LogP) is 2.30. The molecule has 0 spiro atoms. The van der Waals surface area contributed by atoms with Gasteiger partial charge in [0.25, 0.3) is 11.8 Å². The number of halogens is 1. The van der Waals surface area contributed by atoms with E-state index in [4.69, 9.17) is 17.3 Å². The summed E-state index contributed by atoms with van der Waals surface area (Å²) >= 11 is 7.32. The van der Waals surface area contributed by atoms with Crippen LogP contribution < -0.4 is 16.4 Å². The first kappa shape index (κ1) is 17.4. The highest BCUT2D eigenvalue weighted by molar-refractivity contribution is 7.09. The average molecular weight is 353 g/mol. The number of thiazole rings is 1. The van der Waals surface area contributed by atoms with E-state index >= 15 is 0 Å². The van der Waals surface area contributed by atoms with E-state index in [1.54, 1.807) is 17.5 Å². The summed E-state index contributed by atoms with van der Waals surface area (Å²) in [7, 11) is 0. The van der Waals surface area contributed by atoms with Crippen LogP contribution in [0.4, 0.5) is 5.69 Å². The fraction of sp³-hybridized carbons (Fsp3) is 0.267. The van der Waals surface area contributed by atoms with Crippen molar-refractivity contribution in [3.05, 3.63) is 44.9 Å². The summed E-state index contributed by atoms with van der Waals surface area (Å²) in [5.41, 5.74) is 6.47. The first-order chi connectivity index (χ1) is 11.0. The molecule has 0 aliphatic rings. The van der Waals surface area contributed by atoms with Crippen LogP contribution in [0.15, 0.2) is 23.6 Å². The van der Waals surface area contributed by atoms with Crippen LogP contribution in [0.5, 0.6) is 0 Å². The van der Waals surface area contributed by atoms with Crippen molar-refractivity contribution in [3.8, 4) is 0 Å². The van der Waals surface area contributed by atoms with Gasteiger partial charge in [-0.25, -0.2) is 4.98 Å². The Balaban J connectivity index is 2.21. The molecule has 0 aliphatic carbocycles. The Bertz CT molecular complexity index is 717. The van der Waals surface area contributed by atoms with Crippen molar-refractivity contribution < 1.29 is 9.59 Å². The summed E-state index contributed by atoms with van der Waals surface area (Å²) in [5.74, 6) is -0.676. The Morgan fingerprint density at radius 1 is 1.35 bits per heavy atom. The van der Waals surface area contributed by atoms with E-state index in [2.05, 4.69) is 15.6 Å². The lowest BCUT2D eigenvalue weighted by Gasteiger charge is -2.10. The maximum absolute atomic E-state index is 12.3. The van der Waals surface area contributed by atoms with Crippen molar-refractivity contribution >= 4 is 40.4 Å². The van der Waals surface area contributed by atoms with Gasteiger partial charge in [-0.3, -0.25) is 9.59 Å². The first-order valence-corrected chi connectivity index (χ1v) is 8.34. The number of hydrogen-bond donors (Lipinski definition) is 3. The number of carbonyl (C=O) groups excluding carboxylic acids is 2. The zero-order valence-corrected chi connectivity index (χ0v) is 14.1. The molecule has 2 amide bonds. The molecule has 1 aromatic heterocycles. The van der Waals surface area contributed by atoms with E-state index in [-0.39, 0.29) is 11.8 Å². The van der Waals surface area contributed by atoms with Crippen LogP contribution in [0.2, 0.25) is 5.02 Å². The number of benzene rings is 1. The normalized spacial score (nSPS) is 10.4. The van der Waals surface area contributed by atoms with Crippen LogP contribution in [-0.2, 0) is 6.42 Å². The number of carbonyl (C=O) groups is 2. The smallest absolute Gasteiger partial charge is 0.275 e. The molecule has 0 fully saturated rings. The molecule has 6 nitrogen and oxygen atoms in total. The SMILES string of the molecule is CCNC(=O)c1cc(Cl)ccc1NC(=O)c1csc(CCN)n1. The first-order valence-electron chi connectivity index (χ1n) is 7.08. The number of amides is 2. The van der Waals surface area contributed by atoms with Crippen molar-refractivity contribution in [3.63, 3.8) is 0 Å². The number of nitrogens with one attached hydrogen (secondary N) is 2. The fourth-order valence-corrected chi connectivity index (χ4v) is 2.88. The van der Waals surface area contributed by atoms with Gasteiger partial charge in [-0.15, -0.1) is 11.3 Å². The van der Waals surface area contributed by atoms with E-state index in [1.807, 2.05) is 6.92 Å². The highest BCUT2D eigenvalue weighted by atomic mass is 35.5. The molecular formula is C15H17ClN4O2S. The Morgan fingerprint density at radius 3 is 2.83 bits per heavy atom. The zero-order valence-electron chi connectivity index (χ0n) is 12.6. The third-order valence-electron chi connectivity index (χ3n) is 2.95. The van der Waals surface area contributed by atoms with E-state index < -0.39 is 0 Å². The molecule has 0 bridgehead atoms. The number of anilines is 1. The van der Waals surface area contributed by atoms with Crippen LogP contribution in [0.25, 0.3) is 0 Å². The van der Waals surface area contributed by atoms with Gasteiger partial charge < -0.3 is 16.4 Å². The monoisotopic (exact) mass is 352 g/mol. The molecule has 1 aromatic carbocycles. The number of nitrogens with two attached hydrogens (primary N) is 1. The largest absolute Gasteiger partial charge is 0.352 e. The van der Waals surface area contributed by atoms with E-state index in [1.165, 1.54) is 17.4 Å². The quantitative estimate of drug-likeness (QED) is 0.743. The van der Waals surface area contributed by atoms with E-state index in [9.17, 15) is 9.59 Å². The van der Waals surface area contributed by atoms with Gasteiger partial charge in [-0.05, 0) is 31.7 Å². The lowest BCUT2D eigenvalue weighted by atomic mass is 10.1. The van der Waals surface area contributed by atoms with Gasteiger partial charge in [0.1, 0.15) is 5.69 Å². The van der Waals surface area contributed by atoms with Crippen LogP contribution in [-0.4, -0.2) is 29.9 Å². The lowest BCUT2D eigenvalue weighted by Crippen LogP contribution is -2.25. The van der Waals surface area contributed by atoms with Gasteiger partial charge in [0.05, 0.1) is 16.3 Å². The average Bonchev–Trinajstić information content (AvgIpc) is 2.98.